The fraction of sp³-hybridized carbons (Fsp3) is 0.207. The van der Waals surface area contributed by atoms with Crippen LogP contribution in [0.2, 0.25) is 0 Å². The fourth-order valence-electron chi connectivity index (χ4n) is 4.01. The van der Waals surface area contributed by atoms with E-state index in [4.69, 9.17) is 23.4 Å². The molecule has 7 nitrogen and oxygen atoms in total. The number of fused-ring (bicyclic) bond motifs is 1. The highest BCUT2D eigenvalue weighted by Crippen LogP contribution is 2.38. The molecule has 7 heteroatoms. The maximum Gasteiger partial charge on any atom is 0.248 e. The van der Waals surface area contributed by atoms with E-state index in [9.17, 15) is 4.79 Å². The second-order valence-corrected chi connectivity index (χ2v) is 8.04. The van der Waals surface area contributed by atoms with Crippen LogP contribution in [-0.2, 0) is 4.79 Å². The highest BCUT2D eigenvalue weighted by molar-refractivity contribution is 6.06. The highest BCUT2D eigenvalue weighted by Gasteiger charge is 2.16. The van der Waals surface area contributed by atoms with Crippen molar-refractivity contribution in [1.29, 1.82) is 0 Å². The van der Waals surface area contributed by atoms with E-state index in [1.165, 1.54) is 6.08 Å². The number of carbonyl (C=O) groups excluding carboxylic acids is 1. The van der Waals surface area contributed by atoms with E-state index < -0.39 is 0 Å². The summed E-state index contributed by atoms with van der Waals surface area (Å²) in [4.78, 5) is 12.9. The largest absolute Gasteiger partial charge is 0.497 e. The molecule has 1 N–H and O–H groups in total. The maximum atomic E-state index is 12.9. The standard InChI is InChI=1S/C29H29NO6/c1-6-35-27-16-28-23(24(17-36-28)19-8-7-9-20(13-19)32-3)15-22(27)18(2)12-29(31)30-25-14-21(33-4)10-11-26(25)34-5/h7-17H,6H2,1-5H3,(H,30,31)/b18-12+. The molecule has 0 aliphatic rings. The lowest BCUT2D eigenvalue weighted by atomic mass is 9.99. The summed E-state index contributed by atoms with van der Waals surface area (Å²) in [6, 6.07) is 16.9. The van der Waals surface area contributed by atoms with Gasteiger partial charge in [-0.25, -0.2) is 0 Å². The second kappa shape index (κ2) is 10.9. The lowest BCUT2D eigenvalue weighted by Crippen LogP contribution is -2.10. The molecule has 0 atom stereocenters. The van der Waals surface area contributed by atoms with Gasteiger partial charge in [0.25, 0.3) is 0 Å². The molecule has 186 valence electrons. The van der Waals surface area contributed by atoms with E-state index in [0.29, 0.717) is 35.1 Å². The van der Waals surface area contributed by atoms with Gasteiger partial charge in [0, 0.05) is 34.7 Å². The molecule has 36 heavy (non-hydrogen) atoms. The number of ether oxygens (including phenoxy) is 4. The van der Waals surface area contributed by atoms with Crippen molar-refractivity contribution < 1.29 is 28.2 Å². The molecule has 0 radical (unpaired) electrons. The quantitative estimate of drug-likeness (QED) is 0.269. The van der Waals surface area contributed by atoms with Crippen molar-refractivity contribution in [3.8, 4) is 34.1 Å². The van der Waals surface area contributed by atoms with E-state index in [0.717, 1.165) is 33.4 Å². The van der Waals surface area contributed by atoms with Gasteiger partial charge in [0.2, 0.25) is 5.91 Å². The first-order chi connectivity index (χ1) is 17.5. The molecule has 1 heterocycles. The number of nitrogens with one attached hydrogen (secondary N) is 1. The molecule has 0 fully saturated rings. The van der Waals surface area contributed by atoms with Gasteiger partial charge in [0.05, 0.1) is 39.9 Å². The van der Waals surface area contributed by atoms with Crippen LogP contribution >= 0.6 is 0 Å². The van der Waals surface area contributed by atoms with Crippen molar-refractivity contribution in [2.24, 2.45) is 0 Å². The Kier molecular flexibility index (Phi) is 7.49. The minimum Gasteiger partial charge on any atom is -0.497 e. The maximum absolute atomic E-state index is 12.9. The first-order valence-electron chi connectivity index (χ1n) is 11.5. The van der Waals surface area contributed by atoms with Gasteiger partial charge in [0.1, 0.15) is 28.6 Å². The molecule has 0 saturated heterocycles. The minimum atomic E-state index is -0.304. The van der Waals surface area contributed by atoms with Gasteiger partial charge in [0.15, 0.2) is 0 Å². The van der Waals surface area contributed by atoms with Gasteiger partial charge in [-0.1, -0.05) is 12.1 Å². The Morgan fingerprint density at radius 3 is 2.44 bits per heavy atom. The average Bonchev–Trinajstić information content (AvgIpc) is 3.31. The predicted molar refractivity (Wildman–Crippen MR) is 141 cm³/mol. The third-order valence-corrected chi connectivity index (χ3v) is 5.79. The third-order valence-electron chi connectivity index (χ3n) is 5.79. The van der Waals surface area contributed by atoms with E-state index in [-0.39, 0.29) is 5.91 Å². The Morgan fingerprint density at radius 2 is 1.72 bits per heavy atom. The van der Waals surface area contributed by atoms with Crippen LogP contribution in [0.15, 0.2) is 71.4 Å². The van der Waals surface area contributed by atoms with Crippen LogP contribution in [0.3, 0.4) is 0 Å². The average molecular weight is 488 g/mol. The van der Waals surface area contributed by atoms with Crippen LogP contribution in [0.4, 0.5) is 5.69 Å². The molecule has 0 saturated carbocycles. The normalized spacial score (nSPS) is 11.3. The number of carbonyl (C=O) groups is 1. The van der Waals surface area contributed by atoms with Crippen LogP contribution in [0.5, 0.6) is 23.0 Å². The first kappa shape index (κ1) is 24.7. The lowest BCUT2D eigenvalue weighted by Gasteiger charge is -2.13. The Hall–Kier alpha value is -4.39. The number of benzene rings is 3. The van der Waals surface area contributed by atoms with Gasteiger partial charge in [-0.05, 0) is 55.3 Å². The number of anilines is 1. The van der Waals surface area contributed by atoms with Crippen LogP contribution in [0, 0.1) is 0 Å². The molecule has 4 aromatic rings. The smallest absolute Gasteiger partial charge is 0.248 e. The third kappa shape index (κ3) is 5.15. The Balaban J connectivity index is 1.72. The number of allylic oxidation sites excluding steroid dienone is 1. The molecular formula is C29H29NO6. The van der Waals surface area contributed by atoms with E-state index in [1.54, 1.807) is 45.8 Å². The zero-order valence-corrected chi connectivity index (χ0v) is 21.0. The fourth-order valence-corrected chi connectivity index (χ4v) is 4.01. The van der Waals surface area contributed by atoms with Crippen molar-refractivity contribution in [2.45, 2.75) is 13.8 Å². The van der Waals surface area contributed by atoms with E-state index >= 15 is 0 Å². The van der Waals surface area contributed by atoms with Crippen molar-refractivity contribution in [2.75, 3.05) is 33.3 Å². The summed E-state index contributed by atoms with van der Waals surface area (Å²) in [6.07, 6.45) is 3.26. The van der Waals surface area contributed by atoms with Crippen molar-refractivity contribution >= 4 is 28.1 Å². The molecule has 0 aliphatic heterocycles. The summed E-state index contributed by atoms with van der Waals surface area (Å²) >= 11 is 0. The summed E-state index contributed by atoms with van der Waals surface area (Å²) in [5.74, 6) is 2.24. The Bertz CT molecular complexity index is 1420. The molecule has 0 unspecified atom stereocenters. The molecule has 0 spiro atoms. The zero-order chi connectivity index (χ0) is 25.7. The van der Waals surface area contributed by atoms with Gasteiger partial charge in [-0.2, -0.15) is 0 Å². The summed E-state index contributed by atoms with van der Waals surface area (Å²) in [5.41, 5.74) is 4.62. The molecule has 0 bridgehead atoms. The van der Waals surface area contributed by atoms with Crippen LogP contribution in [0.25, 0.3) is 27.7 Å². The van der Waals surface area contributed by atoms with Gasteiger partial charge in [-0.3, -0.25) is 4.79 Å². The number of amides is 1. The SMILES string of the molecule is CCOc1cc2occ(-c3cccc(OC)c3)c2cc1/C(C)=C/C(=O)Nc1cc(OC)ccc1OC. The Morgan fingerprint density at radius 1 is 0.944 bits per heavy atom. The van der Waals surface area contributed by atoms with E-state index in [1.807, 2.05) is 50.2 Å². The van der Waals surface area contributed by atoms with Crippen LogP contribution < -0.4 is 24.3 Å². The van der Waals surface area contributed by atoms with Gasteiger partial charge in [-0.15, -0.1) is 0 Å². The van der Waals surface area contributed by atoms with Crippen molar-refractivity contribution in [3.05, 3.63) is 72.5 Å². The van der Waals surface area contributed by atoms with Gasteiger partial charge < -0.3 is 28.7 Å². The van der Waals surface area contributed by atoms with Crippen molar-refractivity contribution in [3.63, 3.8) is 0 Å². The summed E-state index contributed by atoms with van der Waals surface area (Å²) in [5, 5.41) is 3.78. The molecular weight excluding hydrogens is 458 g/mol. The number of hydrogen-bond donors (Lipinski definition) is 1. The van der Waals surface area contributed by atoms with Gasteiger partial charge >= 0.3 is 0 Å². The second-order valence-electron chi connectivity index (χ2n) is 8.04. The summed E-state index contributed by atoms with van der Waals surface area (Å²) < 4.78 is 27.8. The predicted octanol–water partition coefficient (Wildman–Crippen LogP) is 6.57. The molecule has 3 aromatic carbocycles. The molecule has 1 aromatic heterocycles. The number of furan rings is 1. The minimum absolute atomic E-state index is 0.304. The number of methoxy groups -OCH3 is 3. The zero-order valence-electron chi connectivity index (χ0n) is 21.0. The topological polar surface area (TPSA) is 79.2 Å². The molecule has 0 aliphatic carbocycles. The molecule has 4 rings (SSSR count). The van der Waals surface area contributed by atoms with E-state index in [2.05, 4.69) is 5.32 Å². The van der Waals surface area contributed by atoms with Crippen LogP contribution in [-0.4, -0.2) is 33.8 Å². The highest BCUT2D eigenvalue weighted by atomic mass is 16.5. The lowest BCUT2D eigenvalue weighted by molar-refractivity contribution is -0.111. The van der Waals surface area contributed by atoms with Crippen molar-refractivity contribution in [1.82, 2.24) is 0 Å². The van der Waals surface area contributed by atoms with Crippen LogP contribution in [0.1, 0.15) is 19.4 Å². The summed E-state index contributed by atoms with van der Waals surface area (Å²) in [6.45, 7) is 4.26. The summed E-state index contributed by atoms with van der Waals surface area (Å²) in [7, 11) is 4.75. The monoisotopic (exact) mass is 487 g/mol. The number of hydrogen-bond acceptors (Lipinski definition) is 6. The Labute approximate surface area is 210 Å². The molecule has 1 amide bonds. The number of rotatable bonds is 9. The first-order valence-corrected chi connectivity index (χ1v) is 11.5.